The number of aliphatic hydroxyl groups excluding tert-OH is 1. The molecule has 0 saturated carbocycles. The van der Waals surface area contributed by atoms with E-state index in [2.05, 4.69) is 0 Å². The number of rotatable bonds is 9. The zero-order valence-electron chi connectivity index (χ0n) is 19.2. The average Bonchev–Trinajstić information content (AvgIpc) is 3.05. The molecule has 0 spiro atoms. The minimum atomic E-state index is -0.895. The SMILES string of the molecule is CCOc1ccc(/C(O)=C2\C(=O)C(=O)N(CCCN(C)C)[C@H]2c2ccc([N+](=O)[O-])cc2)cc1Cl. The Morgan fingerprint density at radius 1 is 1.21 bits per heavy atom. The standard InChI is InChI=1S/C24H26ClN3O6/c1-4-34-19-11-8-16(14-18(19)25)22(29)20-21(15-6-9-17(10-7-15)28(32)33)27(24(31)23(20)30)13-5-12-26(2)3/h6-11,14,21,29H,4-5,12-13H2,1-3H3/b22-20+/t21-/m0/s1. The van der Waals surface area contributed by atoms with Crippen LogP contribution in [0.2, 0.25) is 5.02 Å². The maximum Gasteiger partial charge on any atom is 0.295 e. The fraction of sp³-hybridized carbons (Fsp3) is 0.333. The highest BCUT2D eigenvalue weighted by molar-refractivity contribution is 6.46. The number of hydrogen-bond donors (Lipinski definition) is 1. The topological polar surface area (TPSA) is 113 Å². The predicted octanol–water partition coefficient (Wildman–Crippen LogP) is 4.02. The van der Waals surface area contributed by atoms with Gasteiger partial charge < -0.3 is 19.6 Å². The Labute approximate surface area is 202 Å². The quantitative estimate of drug-likeness (QED) is 0.187. The molecule has 1 N–H and O–H groups in total. The molecule has 0 radical (unpaired) electrons. The molecule has 1 amide bonds. The van der Waals surface area contributed by atoms with Gasteiger partial charge in [0.15, 0.2) is 0 Å². The van der Waals surface area contributed by atoms with E-state index in [4.69, 9.17) is 16.3 Å². The van der Waals surface area contributed by atoms with Crippen LogP contribution in [0.5, 0.6) is 5.75 Å². The Hall–Kier alpha value is -3.43. The summed E-state index contributed by atoms with van der Waals surface area (Å²) >= 11 is 6.26. The summed E-state index contributed by atoms with van der Waals surface area (Å²) in [5, 5.41) is 22.5. The first-order valence-corrected chi connectivity index (χ1v) is 11.1. The Bertz CT molecular complexity index is 1130. The molecule has 10 heteroatoms. The Morgan fingerprint density at radius 3 is 2.44 bits per heavy atom. The number of carbonyl (C=O) groups excluding carboxylic acids is 2. The molecule has 1 aliphatic rings. The van der Waals surface area contributed by atoms with Gasteiger partial charge in [0.25, 0.3) is 17.4 Å². The lowest BCUT2D eigenvalue weighted by atomic mass is 9.95. The van der Waals surface area contributed by atoms with E-state index >= 15 is 0 Å². The van der Waals surface area contributed by atoms with Crippen LogP contribution < -0.4 is 4.74 Å². The molecule has 0 unspecified atom stereocenters. The van der Waals surface area contributed by atoms with Gasteiger partial charge in [0, 0.05) is 24.2 Å². The molecule has 1 atom stereocenters. The monoisotopic (exact) mass is 487 g/mol. The lowest BCUT2D eigenvalue weighted by molar-refractivity contribution is -0.384. The summed E-state index contributed by atoms with van der Waals surface area (Å²) in [5.41, 5.74) is 0.524. The highest BCUT2D eigenvalue weighted by Gasteiger charge is 2.45. The van der Waals surface area contributed by atoms with E-state index in [0.29, 0.717) is 30.9 Å². The van der Waals surface area contributed by atoms with Crippen molar-refractivity contribution in [1.29, 1.82) is 0 Å². The second-order valence-electron chi connectivity index (χ2n) is 8.08. The second-order valence-corrected chi connectivity index (χ2v) is 8.48. The van der Waals surface area contributed by atoms with Crippen molar-refractivity contribution in [3.63, 3.8) is 0 Å². The third-order valence-electron chi connectivity index (χ3n) is 5.47. The van der Waals surface area contributed by atoms with E-state index < -0.39 is 22.7 Å². The Balaban J connectivity index is 2.10. The summed E-state index contributed by atoms with van der Waals surface area (Å²) in [4.78, 5) is 39.9. The molecular weight excluding hydrogens is 462 g/mol. The smallest absolute Gasteiger partial charge is 0.295 e. The number of carbonyl (C=O) groups is 2. The Morgan fingerprint density at radius 2 is 1.88 bits per heavy atom. The van der Waals surface area contributed by atoms with Crippen LogP contribution in [-0.4, -0.2) is 65.3 Å². The van der Waals surface area contributed by atoms with Gasteiger partial charge in [-0.2, -0.15) is 0 Å². The zero-order chi connectivity index (χ0) is 25.0. The highest BCUT2D eigenvalue weighted by atomic mass is 35.5. The molecule has 2 aromatic carbocycles. The largest absolute Gasteiger partial charge is 0.507 e. The van der Waals surface area contributed by atoms with Gasteiger partial charge in [0.1, 0.15) is 11.5 Å². The normalized spacial score (nSPS) is 17.4. The van der Waals surface area contributed by atoms with Gasteiger partial charge in [0.05, 0.1) is 28.2 Å². The summed E-state index contributed by atoms with van der Waals surface area (Å²) in [7, 11) is 3.80. The first-order chi connectivity index (χ1) is 16.1. The van der Waals surface area contributed by atoms with Crippen molar-refractivity contribution in [2.75, 3.05) is 33.8 Å². The molecule has 34 heavy (non-hydrogen) atoms. The van der Waals surface area contributed by atoms with Crippen LogP contribution in [0.15, 0.2) is 48.0 Å². The molecule has 2 aromatic rings. The van der Waals surface area contributed by atoms with E-state index in [1.807, 2.05) is 25.9 Å². The van der Waals surface area contributed by atoms with Crippen LogP contribution in [0.4, 0.5) is 5.69 Å². The van der Waals surface area contributed by atoms with Gasteiger partial charge in [-0.3, -0.25) is 19.7 Å². The summed E-state index contributed by atoms with van der Waals surface area (Å²) < 4.78 is 5.42. The molecule has 1 fully saturated rings. The molecule has 1 aliphatic heterocycles. The van der Waals surface area contributed by atoms with Gasteiger partial charge in [-0.25, -0.2) is 0 Å². The maximum atomic E-state index is 13.1. The number of nitro benzene ring substituents is 1. The van der Waals surface area contributed by atoms with Crippen LogP contribution in [0.1, 0.15) is 30.5 Å². The average molecular weight is 488 g/mol. The molecular formula is C24H26ClN3O6. The molecule has 1 saturated heterocycles. The van der Waals surface area contributed by atoms with Gasteiger partial charge >= 0.3 is 0 Å². The van der Waals surface area contributed by atoms with Crippen LogP contribution in [0.3, 0.4) is 0 Å². The van der Waals surface area contributed by atoms with Crippen molar-refractivity contribution in [2.45, 2.75) is 19.4 Å². The summed E-state index contributed by atoms with van der Waals surface area (Å²) in [6.45, 7) is 3.17. The number of Topliss-reactive ketones (excluding diaryl/α,β-unsaturated/α-hetero) is 1. The predicted molar refractivity (Wildman–Crippen MR) is 128 cm³/mol. The maximum absolute atomic E-state index is 13.1. The number of amides is 1. The number of benzene rings is 2. The van der Waals surface area contributed by atoms with E-state index in [1.54, 1.807) is 12.1 Å². The second kappa shape index (κ2) is 10.7. The molecule has 0 aromatic heterocycles. The fourth-order valence-corrected chi connectivity index (χ4v) is 4.10. The zero-order valence-corrected chi connectivity index (χ0v) is 19.9. The van der Waals surface area contributed by atoms with Crippen LogP contribution >= 0.6 is 11.6 Å². The number of ether oxygens (including phenoxy) is 1. The molecule has 9 nitrogen and oxygen atoms in total. The van der Waals surface area contributed by atoms with Gasteiger partial charge in [-0.05, 0) is 69.9 Å². The number of hydrogen-bond acceptors (Lipinski definition) is 7. The minimum absolute atomic E-state index is 0.0936. The fourth-order valence-electron chi connectivity index (χ4n) is 3.87. The van der Waals surface area contributed by atoms with Crippen molar-refractivity contribution in [3.8, 4) is 5.75 Å². The minimum Gasteiger partial charge on any atom is -0.507 e. The molecule has 3 rings (SSSR count). The third kappa shape index (κ3) is 5.21. The summed E-state index contributed by atoms with van der Waals surface area (Å²) in [6.07, 6.45) is 0.596. The van der Waals surface area contributed by atoms with Crippen LogP contribution in [0, 0.1) is 10.1 Å². The number of aliphatic hydroxyl groups is 1. The number of nitrogens with zero attached hydrogens (tertiary/aromatic N) is 3. The first kappa shape index (κ1) is 25.2. The van der Waals surface area contributed by atoms with Gasteiger partial charge in [0.2, 0.25) is 0 Å². The lowest BCUT2D eigenvalue weighted by Crippen LogP contribution is -2.32. The van der Waals surface area contributed by atoms with Crippen LogP contribution in [0.25, 0.3) is 5.76 Å². The number of halogens is 1. The van der Waals surface area contributed by atoms with E-state index in [1.165, 1.54) is 35.2 Å². The Kier molecular flexibility index (Phi) is 7.90. The number of non-ortho nitro benzene ring substituents is 1. The number of likely N-dealkylation sites (tertiary alicyclic amines) is 1. The number of nitro groups is 1. The van der Waals surface area contributed by atoms with Gasteiger partial charge in [-0.15, -0.1) is 0 Å². The number of ketones is 1. The molecule has 0 bridgehead atoms. The summed E-state index contributed by atoms with van der Waals surface area (Å²) in [6, 6.07) is 9.31. The van der Waals surface area contributed by atoms with E-state index in [9.17, 15) is 24.8 Å². The lowest BCUT2D eigenvalue weighted by Gasteiger charge is -2.26. The van der Waals surface area contributed by atoms with E-state index in [0.717, 1.165) is 0 Å². The van der Waals surface area contributed by atoms with Crippen LogP contribution in [-0.2, 0) is 9.59 Å². The third-order valence-corrected chi connectivity index (χ3v) is 5.76. The van der Waals surface area contributed by atoms with Crippen molar-refractivity contribution < 1.29 is 24.4 Å². The van der Waals surface area contributed by atoms with E-state index in [-0.39, 0.29) is 34.2 Å². The van der Waals surface area contributed by atoms with Gasteiger partial charge in [-0.1, -0.05) is 11.6 Å². The highest BCUT2D eigenvalue weighted by Crippen LogP contribution is 2.40. The molecule has 0 aliphatic carbocycles. The molecule has 180 valence electrons. The van der Waals surface area contributed by atoms with Crippen molar-refractivity contribution in [2.24, 2.45) is 0 Å². The first-order valence-electron chi connectivity index (χ1n) is 10.8. The summed E-state index contributed by atoms with van der Waals surface area (Å²) in [5.74, 6) is -1.50. The van der Waals surface area contributed by atoms with Crippen molar-refractivity contribution >= 4 is 34.7 Å². The van der Waals surface area contributed by atoms with Crippen molar-refractivity contribution in [3.05, 3.63) is 74.3 Å². The molecule has 1 heterocycles. The van der Waals surface area contributed by atoms with Crippen molar-refractivity contribution in [1.82, 2.24) is 9.80 Å².